The lowest BCUT2D eigenvalue weighted by Gasteiger charge is -2.54. The first-order chi connectivity index (χ1) is 6.75. The zero-order valence-corrected chi connectivity index (χ0v) is 9.58. The van der Waals surface area contributed by atoms with Crippen molar-refractivity contribution in [2.24, 2.45) is 17.8 Å². The SMILES string of the molecule is CC(C)[C@@H]1CC2CC3CCCC2CN31. The van der Waals surface area contributed by atoms with Gasteiger partial charge < -0.3 is 0 Å². The van der Waals surface area contributed by atoms with Crippen LogP contribution in [0, 0.1) is 17.8 Å². The molecule has 0 spiro atoms. The molecule has 0 aromatic carbocycles. The Kier molecular flexibility index (Phi) is 2.12. The summed E-state index contributed by atoms with van der Waals surface area (Å²) in [5.41, 5.74) is 0. The van der Waals surface area contributed by atoms with Gasteiger partial charge in [0.1, 0.15) is 0 Å². The Morgan fingerprint density at radius 1 is 1.07 bits per heavy atom. The van der Waals surface area contributed by atoms with Crippen LogP contribution in [-0.2, 0) is 0 Å². The summed E-state index contributed by atoms with van der Waals surface area (Å²) in [6, 6.07) is 1.90. The molecule has 4 saturated heterocycles. The van der Waals surface area contributed by atoms with Crippen molar-refractivity contribution in [3.05, 3.63) is 0 Å². The smallest absolute Gasteiger partial charge is 0.0124 e. The minimum atomic E-state index is 0.874. The van der Waals surface area contributed by atoms with E-state index in [1.54, 1.807) is 0 Å². The fourth-order valence-corrected chi connectivity index (χ4v) is 4.27. The molecule has 1 nitrogen and oxygen atoms in total. The Labute approximate surface area is 87.9 Å². The molecule has 4 bridgehead atoms. The average Bonchev–Trinajstić information content (AvgIpc) is 2.46. The molecule has 4 unspecified atom stereocenters. The van der Waals surface area contributed by atoms with Crippen LogP contribution in [0.4, 0.5) is 0 Å². The van der Waals surface area contributed by atoms with Gasteiger partial charge in [-0.05, 0) is 43.4 Å². The fourth-order valence-electron chi connectivity index (χ4n) is 4.27. The van der Waals surface area contributed by atoms with Gasteiger partial charge >= 0.3 is 0 Å². The van der Waals surface area contributed by atoms with E-state index in [1.807, 2.05) is 0 Å². The van der Waals surface area contributed by atoms with Crippen LogP contribution in [0.2, 0.25) is 0 Å². The van der Waals surface area contributed by atoms with E-state index < -0.39 is 0 Å². The van der Waals surface area contributed by atoms with Crippen molar-refractivity contribution >= 4 is 0 Å². The van der Waals surface area contributed by atoms with E-state index in [9.17, 15) is 0 Å². The van der Waals surface area contributed by atoms with Gasteiger partial charge in [-0.2, -0.15) is 0 Å². The van der Waals surface area contributed by atoms with Crippen molar-refractivity contribution in [2.75, 3.05) is 6.54 Å². The highest BCUT2D eigenvalue weighted by Crippen LogP contribution is 2.47. The number of hydrogen-bond donors (Lipinski definition) is 0. The first-order valence-corrected chi connectivity index (χ1v) is 6.51. The van der Waals surface area contributed by atoms with Crippen LogP contribution in [0.5, 0.6) is 0 Å². The highest BCUT2D eigenvalue weighted by molar-refractivity contribution is 5.00. The van der Waals surface area contributed by atoms with E-state index in [-0.39, 0.29) is 0 Å². The maximum atomic E-state index is 2.88. The third kappa shape index (κ3) is 1.25. The fraction of sp³-hybridized carbons (Fsp3) is 1.00. The predicted octanol–water partition coefficient (Wildman–Crippen LogP) is 2.91. The summed E-state index contributed by atoms with van der Waals surface area (Å²) >= 11 is 0. The van der Waals surface area contributed by atoms with Crippen molar-refractivity contribution in [1.29, 1.82) is 0 Å². The molecule has 14 heavy (non-hydrogen) atoms. The first kappa shape index (κ1) is 9.21. The van der Waals surface area contributed by atoms with Gasteiger partial charge in [-0.1, -0.05) is 20.3 Å². The second-order valence-corrected chi connectivity index (χ2v) is 6.08. The van der Waals surface area contributed by atoms with Gasteiger partial charge in [0.2, 0.25) is 0 Å². The molecule has 1 saturated carbocycles. The molecule has 5 fully saturated rings. The van der Waals surface area contributed by atoms with Gasteiger partial charge in [-0.25, -0.2) is 0 Å². The lowest BCUT2D eigenvalue weighted by atomic mass is 9.71. The molecule has 0 aromatic heterocycles. The molecule has 5 aliphatic rings. The molecule has 0 radical (unpaired) electrons. The summed E-state index contributed by atoms with van der Waals surface area (Å²) in [6.07, 6.45) is 7.58. The largest absolute Gasteiger partial charge is 0.297 e. The highest BCUT2D eigenvalue weighted by atomic mass is 15.2. The molecule has 1 aliphatic carbocycles. The molecule has 0 amide bonds. The Hall–Kier alpha value is -0.0400. The molecule has 0 aromatic rings. The number of piperidine rings is 3. The molecule has 5 atom stereocenters. The number of nitrogens with zero attached hydrogens (tertiary/aromatic N) is 1. The van der Waals surface area contributed by atoms with Crippen molar-refractivity contribution in [3.8, 4) is 0 Å². The second-order valence-electron chi connectivity index (χ2n) is 6.08. The van der Waals surface area contributed by atoms with Crippen molar-refractivity contribution in [2.45, 2.75) is 58.0 Å². The molecule has 80 valence electrons. The van der Waals surface area contributed by atoms with Crippen LogP contribution in [0.1, 0.15) is 46.0 Å². The van der Waals surface area contributed by atoms with Crippen LogP contribution in [0.3, 0.4) is 0 Å². The normalized spacial score (nSPS) is 51.2. The molecule has 4 heterocycles. The number of rotatable bonds is 1. The lowest BCUT2D eigenvalue weighted by molar-refractivity contribution is -0.0476. The van der Waals surface area contributed by atoms with Crippen LogP contribution in [-0.4, -0.2) is 23.5 Å². The van der Waals surface area contributed by atoms with E-state index in [0.29, 0.717) is 0 Å². The zero-order chi connectivity index (χ0) is 9.71. The van der Waals surface area contributed by atoms with Crippen LogP contribution >= 0.6 is 0 Å². The summed E-state index contributed by atoms with van der Waals surface area (Å²) in [5.74, 6) is 3.04. The van der Waals surface area contributed by atoms with Gasteiger partial charge in [0.25, 0.3) is 0 Å². The van der Waals surface area contributed by atoms with Gasteiger partial charge in [0, 0.05) is 18.6 Å². The van der Waals surface area contributed by atoms with E-state index in [2.05, 4.69) is 18.7 Å². The van der Waals surface area contributed by atoms with Gasteiger partial charge in [-0.15, -0.1) is 0 Å². The topological polar surface area (TPSA) is 3.24 Å². The summed E-state index contributed by atoms with van der Waals surface area (Å²) in [6.45, 7) is 6.27. The number of hydrogen-bond acceptors (Lipinski definition) is 1. The Morgan fingerprint density at radius 3 is 2.64 bits per heavy atom. The highest BCUT2D eigenvalue weighted by Gasteiger charge is 2.47. The Balaban J connectivity index is 1.86. The molecular weight excluding hydrogens is 170 g/mol. The zero-order valence-electron chi connectivity index (χ0n) is 9.58. The van der Waals surface area contributed by atoms with Crippen molar-refractivity contribution in [3.63, 3.8) is 0 Å². The van der Waals surface area contributed by atoms with E-state index in [1.165, 1.54) is 38.6 Å². The van der Waals surface area contributed by atoms with Gasteiger partial charge in [-0.3, -0.25) is 4.90 Å². The minimum Gasteiger partial charge on any atom is -0.297 e. The predicted molar refractivity (Wildman–Crippen MR) is 59.2 cm³/mol. The van der Waals surface area contributed by atoms with Crippen molar-refractivity contribution < 1.29 is 0 Å². The maximum Gasteiger partial charge on any atom is 0.0124 e. The summed E-state index contributed by atoms with van der Waals surface area (Å²) in [4.78, 5) is 2.88. The standard InChI is InChI=1S/C13H23N/c1-9(2)13-7-11-6-12-5-3-4-10(11)8-14(12)13/h9-13H,3-8H2,1-2H3/t10?,11?,12?,13-/m0/s1. The summed E-state index contributed by atoms with van der Waals surface area (Å²) in [5, 5.41) is 0. The summed E-state index contributed by atoms with van der Waals surface area (Å²) < 4.78 is 0. The number of fused-ring (bicyclic) bond motifs is 3. The summed E-state index contributed by atoms with van der Waals surface area (Å²) in [7, 11) is 0. The first-order valence-electron chi connectivity index (χ1n) is 6.51. The van der Waals surface area contributed by atoms with Crippen LogP contribution in [0.15, 0.2) is 0 Å². The molecule has 5 rings (SSSR count). The molecule has 4 aliphatic heterocycles. The van der Waals surface area contributed by atoms with Gasteiger partial charge in [0.15, 0.2) is 0 Å². The van der Waals surface area contributed by atoms with Crippen LogP contribution in [0.25, 0.3) is 0 Å². The quantitative estimate of drug-likeness (QED) is 0.619. The Morgan fingerprint density at radius 2 is 1.93 bits per heavy atom. The van der Waals surface area contributed by atoms with E-state index >= 15 is 0 Å². The van der Waals surface area contributed by atoms with Gasteiger partial charge in [0.05, 0.1) is 0 Å². The minimum absolute atomic E-state index is 0.874. The second kappa shape index (κ2) is 3.23. The third-order valence-electron chi connectivity index (χ3n) is 5.01. The third-order valence-corrected chi connectivity index (χ3v) is 5.01. The average molecular weight is 193 g/mol. The monoisotopic (exact) mass is 193 g/mol. The van der Waals surface area contributed by atoms with Crippen LogP contribution < -0.4 is 0 Å². The molecule has 0 N–H and O–H groups in total. The Bertz CT molecular complexity index is 223. The lowest BCUT2D eigenvalue weighted by Crippen LogP contribution is -2.58. The molecule has 1 heteroatoms. The maximum absolute atomic E-state index is 2.88. The molecular formula is C13H23N. The van der Waals surface area contributed by atoms with Crippen molar-refractivity contribution in [1.82, 2.24) is 4.90 Å². The van der Waals surface area contributed by atoms with E-state index in [4.69, 9.17) is 0 Å². The van der Waals surface area contributed by atoms with E-state index in [0.717, 1.165) is 29.8 Å².